The molecule has 0 aromatic heterocycles. The average Bonchev–Trinajstić information content (AvgIpc) is 2.11. The lowest BCUT2D eigenvalue weighted by atomic mass is 10.1. The molecule has 0 spiro atoms. The van der Waals surface area contributed by atoms with Gasteiger partial charge in [-0.3, -0.25) is 4.79 Å². The molecule has 15 heavy (non-hydrogen) atoms. The molecule has 0 heterocycles. The van der Waals surface area contributed by atoms with Crippen LogP contribution in [0.3, 0.4) is 0 Å². The molecule has 1 atom stereocenters. The molecule has 0 aliphatic heterocycles. The number of halogens is 1. The van der Waals surface area contributed by atoms with Gasteiger partial charge >= 0.3 is 0 Å². The molecule has 0 radical (unpaired) electrons. The van der Waals surface area contributed by atoms with Gasteiger partial charge in [-0.25, -0.2) is 4.39 Å². The number of aliphatic hydroxyl groups excluding tert-OH is 1. The van der Waals surface area contributed by atoms with Crippen LogP contribution in [-0.2, 0) is 4.79 Å². The molecule has 0 saturated heterocycles. The molecular formula is C11H20FNO2. The van der Waals surface area contributed by atoms with Crippen molar-refractivity contribution in [1.82, 2.24) is 5.32 Å². The van der Waals surface area contributed by atoms with E-state index in [1.54, 1.807) is 0 Å². The van der Waals surface area contributed by atoms with Crippen LogP contribution in [0.4, 0.5) is 4.39 Å². The molecule has 0 saturated carbocycles. The molecule has 0 bridgehead atoms. The molecule has 0 fully saturated rings. The van der Waals surface area contributed by atoms with Crippen LogP contribution in [0.5, 0.6) is 0 Å². The van der Waals surface area contributed by atoms with Crippen molar-refractivity contribution in [3.63, 3.8) is 0 Å². The Bertz CT molecular complexity index is 245. The number of hydrogen-bond acceptors (Lipinski definition) is 2. The second kappa shape index (κ2) is 6.56. The summed E-state index contributed by atoms with van der Waals surface area (Å²) in [5.41, 5.74) is 0.339. The van der Waals surface area contributed by atoms with Crippen LogP contribution in [0.1, 0.15) is 34.1 Å². The first-order chi connectivity index (χ1) is 6.84. The molecule has 0 rings (SSSR count). The van der Waals surface area contributed by atoms with Crippen molar-refractivity contribution in [2.24, 2.45) is 5.92 Å². The van der Waals surface area contributed by atoms with E-state index in [9.17, 15) is 14.3 Å². The normalized spacial score (nSPS) is 12.5. The lowest BCUT2D eigenvalue weighted by molar-refractivity contribution is -0.119. The molecule has 1 amide bonds. The van der Waals surface area contributed by atoms with Gasteiger partial charge in [-0.1, -0.05) is 13.8 Å². The smallest absolute Gasteiger partial charge is 0.280 e. The maximum Gasteiger partial charge on any atom is 0.280 e. The van der Waals surface area contributed by atoms with Crippen LogP contribution in [0.15, 0.2) is 11.4 Å². The minimum Gasteiger partial charge on any atom is -0.391 e. The lowest BCUT2D eigenvalue weighted by Crippen LogP contribution is -2.33. The van der Waals surface area contributed by atoms with E-state index in [2.05, 4.69) is 5.32 Å². The van der Waals surface area contributed by atoms with E-state index in [-0.39, 0.29) is 6.54 Å². The molecule has 0 aromatic carbocycles. The highest BCUT2D eigenvalue weighted by Crippen LogP contribution is 2.06. The molecule has 0 aliphatic carbocycles. The SMILES string of the molecule is CC(C)=C(F)C(=O)NCC(O)CC(C)C. The zero-order valence-corrected chi connectivity index (χ0v) is 9.80. The summed E-state index contributed by atoms with van der Waals surface area (Å²) >= 11 is 0. The van der Waals surface area contributed by atoms with Gasteiger partial charge in [-0.2, -0.15) is 0 Å². The van der Waals surface area contributed by atoms with Gasteiger partial charge in [-0.15, -0.1) is 0 Å². The Morgan fingerprint density at radius 2 is 1.93 bits per heavy atom. The van der Waals surface area contributed by atoms with E-state index in [1.165, 1.54) is 13.8 Å². The van der Waals surface area contributed by atoms with E-state index in [1.807, 2.05) is 13.8 Å². The molecule has 2 N–H and O–H groups in total. The highest BCUT2D eigenvalue weighted by molar-refractivity contribution is 5.91. The predicted octanol–water partition coefficient (Wildman–Crippen LogP) is 1.77. The summed E-state index contributed by atoms with van der Waals surface area (Å²) in [6, 6.07) is 0. The summed E-state index contributed by atoms with van der Waals surface area (Å²) in [6.07, 6.45) is -0.0181. The molecule has 1 unspecified atom stereocenters. The molecular weight excluding hydrogens is 197 g/mol. The van der Waals surface area contributed by atoms with Crippen LogP contribution >= 0.6 is 0 Å². The monoisotopic (exact) mass is 217 g/mol. The minimum absolute atomic E-state index is 0.0950. The third-order valence-corrected chi connectivity index (χ3v) is 1.88. The van der Waals surface area contributed by atoms with Gasteiger partial charge in [-0.05, 0) is 31.8 Å². The maximum atomic E-state index is 13.0. The number of carbonyl (C=O) groups is 1. The molecule has 88 valence electrons. The second-order valence-electron chi connectivity index (χ2n) is 4.31. The Morgan fingerprint density at radius 3 is 2.33 bits per heavy atom. The maximum absolute atomic E-state index is 13.0. The van der Waals surface area contributed by atoms with Crippen molar-refractivity contribution >= 4 is 5.91 Å². The third-order valence-electron chi connectivity index (χ3n) is 1.88. The first-order valence-electron chi connectivity index (χ1n) is 5.13. The summed E-state index contributed by atoms with van der Waals surface area (Å²) < 4.78 is 13.0. The number of amides is 1. The van der Waals surface area contributed by atoms with Crippen molar-refractivity contribution in [2.75, 3.05) is 6.54 Å². The largest absolute Gasteiger partial charge is 0.391 e. The van der Waals surface area contributed by atoms with E-state index >= 15 is 0 Å². The van der Waals surface area contributed by atoms with Gasteiger partial charge in [0.15, 0.2) is 5.83 Å². The number of carbonyl (C=O) groups excluding carboxylic acids is 1. The van der Waals surface area contributed by atoms with Crippen LogP contribution in [-0.4, -0.2) is 23.7 Å². The van der Waals surface area contributed by atoms with Gasteiger partial charge in [0.2, 0.25) is 0 Å². The van der Waals surface area contributed by atoms with Gasteiger partial charge in [0.1, 0.15) is 0 Å². The van der Waals surface area contributed by atoms with Gasteiger partial charge in [0.05, 0.1) is 6.10 Å². The Morgan fingerprint density at radius 1 is 1.40 bits per heavy atom. The summed E-state index contributed by atoms with van der Waals surface area (Å²) in [4.78, 5) is 11.1. The first-order valence-corrected chi connectivity index (χ1v) is 5.13. The standard InChI is InChI=1S/C11H20FNO2/c1-7(2)5-9(14)6-13-11(15)10(12)8(3)4/h7,9,14H,5-6H2,1-4H3,(H,13,15). The van der Waals surface area contributed by atoms with Crippen molar-refractivity contribution < 1.29 is 14.3 Å². The predicted molar refractivity (Wildman–Crippen MR) is 58.0 cm³/mol. The van der Waals surface area contributed by atoms with Gasteiger partial charge < -0.3 is 10.4 Å². The fourth-order valence-corrected chi connectivity index (χ4v) is 1.14. The van der Waals surface area contributed by atoms with E-state index in [4.69, 9.17) is 0 Å². The Labute approximate surface area is 90.4 Å². The van der Waals surface area contributed by atoms with Crippen molar-refractivity contribution in [2.45, 2.75) is 40.2 Å². The fraction of sp³-hybridized carbons (Fsp3) is 0.727. The van der Waals surface area contributed by atoms with Crippen molar-refractivity contribution in [1.29, 1.82) is 0 Å². The second-order valence-corrected chi connectivity index (χ2v) is 4.31. The number of allylic oxidation sites excluding steroid dienone is 1. The quantitative estimate of drug-likeness (QED) is 0.689. The van der Waals surface area contributed by atoms with E-state index in [0.717, 1.165) is 0 Å². The van der Waals surface area contributed by atoms with Crippen molar-refractivity contribution in [3.8, 4) is 0 Å². The van der Waals surface area contributed by atoms with Crippen molar-refractivity contribution in [3.05, 3.63) is 11.4 Å². The highest BCUT2D eigenvalue weighted by atomic mass is 19.1. The Hall–Kier alpha value is -0.900. The summed E-state index contributed by atoms with van der Waals surface area (Å²) in [5, 5.41) is 11.8. The van der Waals surface area contributed by atoms with Gasteiger partial charge in [0, 0.05) is 6.54 Å². The van der Waals surface area contributed by atoms with E-state index < -0.39 is 17.8 Å². The number of rotatable bonds is 5. The highest BCUT2D eigenvalue weighted by Gasteiger charge is 2.12. The van der Waals surface area contributed by atoms with E-state index in [0.29, 0.717) is 17.9 Å². The third kappa shape index (κ3) is 6.23. The van der Waals surface area contributed by atoms with Gasteiger partial charge in [0.25, 0.3) is 5.91 Å². The van der Waals surface area contributed by atoms with Crippen LogP contribution in [0.2, 0.25) is 0 Å². The topological polar surface area (TPSA) is 49.3 Å². The van der Waals surface area contributed by atoms with Crippen LogP contribution in [0.25, 0.3) is 0 Å². The summed E-state index contributed by atoms with van der Waals surface area (Å²) in [7, 11) is 0. The molecule has 3 nitrogen and oxygen atoms in total. The van der Waals surface area contributed by atoms with Crippen LogP contribution < -0.4 is 5.32 Å². The zero-order chi connectivity index (χ0) is 12.0. The Balaban J connectivity index is 3.97. The molecule has 0 aromatic rings. The number of hydrogen-bond donors (Lipinski definition) is 2. The number of nitrogens with one attached hydrogen (secondary N) is 1. The molecule has 4 heteroatoms. The lowest BCUT2D eigenvalue weighted by Gasteiger charge is -2.13. The van der Waals surface area contributed by atoms with Crippen LogP contribution in [0, 0.1) is 5.92 Å². The molecule has 0 aliphatic rings. The minimum atomic E-state index is -0.772. The number of aliphatic hydroxyl groups is 1. The average molecular weight is 217 g/mol. The fourth-order valence-electron chi connectivity index (χ4n) is 1.14. The summed E-state index contributed by atoms with van der Waals surface area (Å²) in [5.74, 6) is -1.17. The summed E-state index contributed by atoms with van der Waals surface area (Å²) in [6.45, 7) is 7.10. The zero-order valence-electron chi connectivity index (χ0n) is 9.80. The Kier molecular flexibility index (Phi) is 6.17. The first kappa shape index (κ1) is 14.1.